The van der Waals surface area contributed by atoms with Crippen LogP contribution < -0.4 is 29.0 Å². The zero-order valence-electron chi connectivity index (χ0n) is 23.7. The van der Waals surface area contributed by atoms with Gasteiger partial charge < -0.3 is 28.5 Å². The second-order valence-corrected chi connectivity index (χ2v) is 10.5. The highest BCUT2D eigenvalue weighted by Gasteiger charge is 2.27. The van der Waals surface area contributed by atoms with Crippen molar-refractivity contribution >= 4 is 38.3 Å². The normalized spacial score (nSPS) is 14.3. The van der Waals surface area contributed by atoms with Crippen molar-refractivity contribution < 1.29 is 33.3 Å². The average molecular weight is 578 g/mol. The molecule has 10 nitrogen and oxygen atoms in total. The molecule has 1 unspecified atom stereocenters. The average Bonchev–Trinajstić information content (AvgIpc) is 3.62. The van der Waals surface area contributed by atoms with E-state index < -0.39 is 0 Å². The number of rotatable bonds is 10. The summed E-state index contributed by atoms with van der Waals surface area (Å²) in [5.41, 5.74) is 5.54. The molecule has 0 bridgehead atoms. The first-order chi connectivity index (χ1) is 19.8. The van der Waals surface area contributed by atoms with Gasteiger partial charge in [0.25, 0.3) is 5.91 Å². The molecule has 1 amide bonds. The molecule has 0 radical (unpaired) electrons. The number of nitrogens with zero attached hydrogens (tertiary/aromatic N) is 2. The van der Waals surface area contributed by atoms with Gasteiger partial charge in [0.1, 0.15) is 0 Å². The summed E-state index contributed by atoms with van der Waals surface area (Å²) in [7, 11) is 6.24. The van der Waals surface area contributed by atoms with Gasteiger partial charge in [-0.15, -0.1) is 0 Å². The number of hydrogen-bond donors (Lipinski definition) is 1. The van der Waals surface area contributed by atoms with Crippen molar-refractivity contribution in [2.45, 2.75) is 26.4 Å². The predicted octanol–water partition coefficient (Wildman–Crippen LogP) is 5.83. The van der Waals surface area contributed by atoms with Crippen molar-refractivity contribution in [2.24, 2.45) is 5.16 Å². The smallest absolute Gasteiger partial charge is 0.264 e. The van der Waals surface area contributed by atoms with Crippen LogP contribution in [0, 0.1) is 13.8 Å². The van der Waals surface area contributed by atoms with Gasteiger partial charge >= 0.3 is 0 Å². The first-order valence-corrected chi connectivity index (χ1v) is 13.7. The van der Waals surface area contributed by atoms with Crippen molar-refractivity contribution in [1.82, 2.24) is 4.98 Å². The molecule has 214 valence electrons. The van der Waals surface area contributed by atoms with Gasteiger partial charge in [0.05, 0.1) is 44.4 Å². The summed E-state index contributed by atoms with van der Waals surface area (Å²) < 4.78 is 28.7. The molecule has 1 atom stereocenters. The number of fused-ring (bicyclic) bond motifs is 1. The first kappa shape index (κ1) is 28.0. The number of thiazole rings is 1. The lowest BCUT2D eigenvalue weighted by Crippen LogP contribution is -2.20. The van der Waals surface area contributed by atoms with Crippen LogP contribution in [-0.4, -0.2) is 51.6 Å². The highest BCUT2D eigenvalue weighted by molar-refractivity contribution is 7.22. The van der Waals surface area contributed by atoms with E-state index in [0.29, 0.717) is 40.3 Å². The third-order valence-corrected chi connectivity index (χ3v) is 7.77. The van der Waals surface area contributed by atoms with Crippen molar-refractivity contribution in [3.05, 3.63) is 64.7 Å². The Kier molecular flexibility index (Phi) is 8.16. The minimum Gasteiger partial charge on any atom is -0.493 e. The second-order valence-electron chi connectivity index (χ2n) is 9.42. The highest BCUT2D eigenvalue weighted by Crippen LogP contribution is 2.41. The van der Waals surface area contributed by atoms with Crippen LogP contribution in [0.5, 0.6) is 28.7 Å². The number of anilines is 1. The molecular formula is C30H31N3O7S. The molecule has 1 aromatic heterocycles. The summed E-state index contributed by atoms with van der Waals surface area (Å²) >= 11 is 1.43. The van der Waals surface area contributed by atoms with Crippen LogP contribution in [0.3, 0.4) is 0 Å². The van der Waals surface area contributed by atoms with Crippen molar-refractivity contribution in [2.75, 3.05) is 40.4 Å². The van der Waals surface area contributed by atoms with E-state index in [4.69, 9.17) is 28.5 Å². The number of hydrogen-bond acceptors (Lipinski definition) is 10. The predicted molar refractivity (Wildman–Crippen MR) is 157 cm³/mol. The Morgan fingerprint density at radius 2 is 1.63 bits per heavy atom. The summed E-state index contributed by atoms with van der Waals surface area (Å²) in [4.78, 5) is 23.0. The van der Waals surface area contributed by atoms with Crippen LogP contribution in [0.15, 0.2) is 47.6 Å². The van der Waals surface area contributed by atoms with Gasteiger partial charge in [-0.1, -0.05) is 22.6 Å². The van der Waals surface area contributed by atoms with Crippen LogP contribution in [0.1, 0.15) is 34.8 Å². The number of carbonyl (C=O) groups excluding carboxylic acids is 1. The number of oxime groups is 1. The maximum atomic E-state index is 12.7. The number of aryl methyl sites for hydroxylation is 2. The van der Waals surface area contributed by atoms with E-state index >= 15 is 0 Å². The topological polar surface area (TPSA) is 110 Å². The molecule has 1 N–H and O–H groups in total. The van der Waals surface area contributed by atoms with E-state index in [-0.39, 0.29) is 18.6 Å². The van der Waals surface area contributed by atoms with Crippen LogP contribution in [0.2, 0.25) is 0 Å². The number of nitrogens with one attached hydrogen (secondary N) is 1. The summed E-state index contributed by atoms with van der Waals surface area (Å²) in [5.74, 6) is 2.15. The Morgan fingerprint density at radius 3 is 2.32 bits per heavy atom. The largest absolute Gasteiger partial charge is 0.493 e. The number of aromatic nitrogens is 1. The van der Waals surface area contributed by atoms with Crippen LogP contribution in [0.4, 0.5) is 5.13 Å². The van der Waals surface area contributed by atoms with Gasteiger partial charge in [-0.25, -0.2) is 4.98 Å². The Balaban J connectivity index is 1.27. The summed E-state index contributed by atoms with van der Waals surface area (Å²) in [6, 6.07) is 13.2. The van der Waals surface area contributed by atoms with Crippen molar-refractivity contribution in [3.63, 3.8) is 0 Å². The SMILES string of the molecule is COc1ccc(C2CC(c3cc(OC)c(OC)c(OC)c3)=NO2)cc1OCC(=O)Nc1nc2cc(C)c(C)cc2s1. The molecule has 2 heterocycles. The number of ether oxygens (including phenoxy) is 5. The van der Waals surface area contributed by atoms with Gasteiger partial charge in [-0.05, 0) is 66.9 Å². The molecule has 0 saturated heterocycles. The first-order valence-electron chi connectivity index (χ1n) is 12.8. The molecule has 1 aliphatic heterocycles. The molecule has 4 aromatic rings. The highest BCUT2D eigenvalue weighted by atomic mass is 32.1. The summed E-state index contributed by atoms with van der Waals surface area (Å²) in [5, 5.41) is 7.67. The maximum Gasteiger partial charge on any atom is 0.264 e. The second kappa shape index (κ2) is 11.9. The Morgan fingerprint density at radius 1 is 0.927 bits per heavy atom. The van der Waals surface area contributed by atoms with E-state index in [1.165, 1.54) is 16.9 Å². The van der Waals surface area contributed by atoms with Crippen molar-refractivity contribution in [3.8, 4) is 28.7 Å². The molecule has 11 heteroatoms. The molecule has 0 fully saturated rings. The maximum absolute atomic E-state index is 12.7. The Bertz CT molecular complexity index is 1570. The lowest BCUT2D eigenvalue weighted by Gasteiger charge is -2.15. The molecule has 0 saturated carbocycles. The molecule has 41 heavy (non-hydrogen) atoms. The summed E-state index contributed by atoms with van der Waals surface area (Å²) in [6.45, 7) is 3.88. The zero-order chi connectivity index (χ0) is 29.1. The van der Waals surface area contributed by atoms with E-state index in [1.807, 2.05) is 31.2 Å². The fourth-order valence-corrected chi connectivity index (χ4v) is 5.47. The van der Waals surface area contributed by atoms with Gasteiger partial charge in [0, 0.05) is 12.0 Å². The number of benzene rings is 3. The fourth-order valence-electron chi connectivity index (χ4n) is 4.51. The minimum atomic E-state index is -0.360. The van der Waals surface area contributed by atoms with Crippen LogP contribution >= 0.6 is 11.3 Å². The van der Waals surface area contributed by atoms with Gasteiger partial charge in [-0.3, -0.25) is 10.1 Å². The van der Waals surface area contributed by atoms with E-state index in [2.05, 4.69) is 28.4 Å². The summed E-state index contributed by atoms with van der Waals surface area (Å²) in [6.07, 6.45) is 0.141. The van der Waals surface area contributed by atoms with Crippen LogP contribution in [-0.2, 0) is 9.63 Å². The monoisotopic (exact) mass is 577 g/mol. The molecular weight excluding hydrogens is 546 g/mol. The lowest BCUT2D eigenvalue weighted by molar-refractivity contribution is -0.118. The minimum absolute atomic E-state index is 0.216. The van der Waals surface area contributed by atoms with E-state index in [9.17, 15) is 4.79 Å². The van der Waals surface area contributed by atoms with E-state index in [1.54, 1.807) is 40.6 Å². The molecule has 0 aliphatic carbocycles. The quantitative estimate of drug-likeness (QED) is 0.251. The number of carbonyl (C=O) groups is 1. The third-order valence-electron chi connectivity index (χ3n) is 6.84. The molecule has 1 aliphatic rings. The molecule has 0 spiro atoms. The number of amides is 1. The zero-order valence-corrected chi connectivity index (χ0v) is 24.5. The number of methoxy groups -OCH3 is 4. The fraction of sp³-hybridized carbons (Fsp3) is 0.300. The third kappa shape index (κ3) is 5.85. The van der Waals surface area contributed by atoms with Crippen molar-refractivity contribution in [1.29, 1.82) is 0 Å². The van der Waals surface area contributed by atoms with Gasteiger partial charge in [0.2, 0.25) is 5.75 Å². The van der Waals surface area contributed by atoms with Crippen LogP contribution in [0.25, 0.3) is 10.2 Å². The standard InChI is InChI=1S/C30H31N3O7S/c1-16-9-21-27(10-17(16)2)41-30(31-21)32-28(34)15-39-24-11-18(7-8-22(24)35-3)23-14-20(33-40-23)19-12-25(36-4)29(38-6)26(13-19)37-5/h7-13,23H,14-15H2,1-6H3,(H,31,32,34). The Hall–Kier alpha value is -4.51. The lowest BCUT2D eigenvalue weighted by atomic mass is 9.99. The Labute approximate surface area is 241 Å². The van der Waals surface area contributed by atoms with Gasteiger partial charge in [0.15, 0.2) is 40.8 Å². The molecule has 5 rings (SSSR count). The van der Waals surface area contributed by atoms with Gasteiger partial charge in [-0.2, -0.15) is 0 Å². The molecule has 3 aromatic carbocycles. The van der Waals surface area contributed by atoms with E-state index in [0.717, 1.165) is 32.6 Å².